The molecule has 1 aromatic carbocycles. The van der Waals surface area contributed by atoms with E-state index in [2.05, 4.69) is 6.92 Å². The third kappa shape index (κ3) is 7.06. The molecule has 3 rings (SSSR count). The topological polar surface area (TPSA) is 42.2 Å². The second-order valence-corrected chi connectivity index (χ2v) is 9.23. The van der Waals surface area contributed by atoms with Gasteiger partial charge in [-0.15, -0.1) is 0 Å². The van der Waals surface area contributed by atoms with E-state index < -0.39 is 5.82 Å². The molecule has 0 spiro atoms. The van der Waals surface area contributed by atoms with Crippen LogP contribution in [0.25, 0.3) is 0 Å². The largest absolute Gasteiger partial charge is 0.378 e. The minimum absolute atomic E-state index is 0.132. The molecule has 0 saturated heterocycles. The molecule has 0 atom stereocenters. The minimum atomic E-state index is -0.395. The van der Waals surface area contributed by atoms with Gasteiger partial charge in [0.2, 0.25) is 0 Å². The minimum Gasteiger partial charge on any atom is -0.378 e. The molecule has 0 aliphatic heterocycles. The number of hydrogen-bond donors (Lipinski definition) is 0. The lowest BCUT2D eigenvalue weighted by Gasteiger charge is -2.32. The van der Waals surface area contributed by atoms with Crippen LogP contribution in [0.5, 0.6) is 0 Å². The van der Waals surface area contributed by atoms with Crippen molar-refractivity contribution < 1.29 is 13.9 Å². The molecule has 166 valence electrons. The number of ether oxygens (including phenoxy) is 2. The van der Waals surface area contributed by atoms with Crippen LogP contribution in [0.1, 0.15) is 101 Å². The Morgan fingerprint density at radius 2 is 1.63 bits per heavy atom. The first-order valence-corrected chi connectivity index (χ1v) is 12.1. The highest BCUT2D eigenvalue weighted by Gasteiger charge is 2.26. The maximum absolute atomic E-state index is 13.9. The Labute approximate surface area is 182 Å². The first-order chi connectivity index (χ1) is 14.7. The van der Waals surface area contributed by atoms with Crippen LogP contribution in [-0.4, -0.2) is 25.4 Å². The van der Waals surface area contributed by atoms with Crippen molar-refractivity contribution in [3.63, 3.8) is 0 Å². The predicted molar refractivity (Wildman–Crippen MR) is 118 cm³/mol. The maximum atomic E-state index is 13.9. The molecule has 0 bridgehead atoms. The van der Waals surface area contributed by atoms with Crippen molar-refractivity contribution in [2.75, 3.05) is 13.2 Å². The average Bonchev–Trinajstić information content (AvgIpc) is 2.78. The molecule has 0 aromatic heterocycles. The van der Waals surface area contributed by atoms with Crippen LogP contribution in [0.4, 0.5) is 4.39 Å². The van der Waals surface area contributed by atoms with Crippen LogP contribution in [0.15, 0.2) is 18.2 Å². The van der Waals surface area contributed by atoms with E-state index in [4.69, 9.17) is 14.7 Å². The standard InChI is InChI=1S/C26H38FNO2/c1-2-3-4-5-16-29-24-12-6-20(7-13-24)19-30-25-14-10-21(11-15-25)22-8-9-23(18-28)26(27)17-22/h8-9,17,20-21,24-25H,2-7,10-16,19H2,1H3. The van der Waals surface area contributed by atoms with Crippen molar-refractivity contribution in [2.45, 2.75) is 102 Å². The van der Waals surface area contributed by atoms with Gasteiger partial charge in [0, 0.05) is 13.2 Å². The Hall–Kier alpha value is -1.44. The van der Waals surface area contributed by atoms with Gasteiger partial charge in [-0.2, -0.15) is 5.26 Å². The van der Waals surface area contributed by atoms with Gasteiger partial charge >= 0.3 is 0 Å². The van der Waals surface area contributed by atoms with Gasteiger partial charge in [-0.05, 0) is 87.3 Å². The summed E-state index contributed by atoms with van der Waals surface area (Å²) in [6.45, 7) is 4.05. The third-order valence-corrected chi connectivity index (χ3v) is 6.97. The van der Waals surface area contributed by atoms with Gasteiger partial charge < -0.3 is 9.47 Å². The summed E-state index contributed by atoms with van der Waals surface area (Å²) in [5.74, 6) is 0.668. The number of nitrogens with zero attached hydrogens (tertiary/aromatic N) is 1. The van der Waals surface area contributed by atoms with Gasteiger partial charge in [0.05, 0.1) is 17.8 Å². The van der Waals surface area contributed by atoms with Crippen molar-refractivity contribution in [1.29, 1.82) is 5.26 Å². The lowest BCUT2D eigenvalue weighted by molar-refractivity contribution is -0.0257. The quantitative estimate of drug-likeness (QED) is 0.390. The summed E-state index contributed by atoms with van der Waals surface area (Å²) >= 11 is 0. The fourth-order valence-electron chi connectivity index (χ4n) is 4.95. The lowest BCUT2D eigenvalue weighted by atomic mass is 9.82. The Morgan fingerprint density at radius 3 is 2.30 bits per heavy atom. The number of benzene rings is 1. The highest BCUT2D eigenvalue weighted by molar-refractivity contribution is 5.34. The second-order valence-electron chi connectivity index (χ2n) is 9.23. The molecule has 3 nitrogen and oxygen atoms in total. The molecule has 2 fully saturated rings. The summed E-state index contributed by atoms with van der Waals surface area (Å²) in [5, 5.41) is 8.89. The molecule has 30 heavy (non-hydrogen) atoms. The maximum Gasteiger partial charge on any atom is 0.141 e. The summed E-state index contributed by atoms with van der Waals surface area (Å²) in [7, 11) is 0. The van der Waals surface area contributed by atoms with Crippen molar-refractivity contribution >= 4 is 0 Å². The van der Waals surface area contributed by atoms with Gasteiger partial charge in [0.15, 0.2) is 0 Å². The molecule has 2 aliphatic rings. The monoisotopic (exact) mass is 415 g/mol. The van der Waals surface area contributed by atoms with E-state index >= 15 is 0 Å². The van der Waals surface area contributed by atoms with Crippen LogP contribution in [0.2, 0.25) is 0 Å². The molecule has 0 N–H and O–H groups in total. The first-order valence-electron chi connectivity index (χ1n) is 12.1. The summed E-state index contributed by atoms with van der Waals surface area (Å²) in [4.78, 5) is 0. The fraction of sp³-hybridized carbons (Fsp3) is 0.731. The van der Waals surface area contributed by atoms with E-state index in [0.717, 1.165) is 44.5 Å². The Balaban J connectivity index is 1.29. The predicted octanol–water partition coefficient (Wildman–Crippen LogP) is 6.90. The van der Waals surface area contributed by atoms with E-state index in [1.807, 2.05) is 12.1 Å². The number of halogens is 1. The molecule has 0 radical (unpaired) electrons. The molecule has 0 unspecified atom stereocenters. The highest BCUT2D eigenvalue weighted by Crippen LogP contribution is 2.35. The average molecular weight is 416 g/mol. The molecule has 1 aromatic rings. The molecule has 4 heteroatoms. The van der Waals surface area contributed by atoms with E-state index in [-0.39, 0.29) is 5.56 Å². The molecule has 2 aliphatic carbocycles. The zero-order valence-corrected chi connectivity index (χ0v) is 18.6. The smallest absolute Gasteiger partial charge is 0.141 e. The van der Waals surface area contributed by atoms with E-state index in [0.29, 0.717) is 24.0 Å². The van der Waals surface area contributed by atoms with E-state index in [1.54, 1.807) is 12.1 Å². The van der Waals surface area contributed by atoms with Crippen LogP contribution in [0, 0.1) is 23.1 Å². The van der Waals surface area contributed by atoms with Crippen LogP contribution in [-0.2, 0) is 9.47 Å². The molecular formula is C26H38FNO2. The zero-order chi connectivity index (χ0) is 21.2. The fourth-order valence-corrected chi connectivity index (χ4v) is 4.95. The SMILES string of the molecule is CCCCCCOC1CCC(COC2CCC(c3ccc(C#N)c(F)c3)CC2)CC1. The zero-order valence-electron chi connectivity index (χ0n) is 18.6. The third-order valence-electron chi connectivity index (χ3n) is 6.97. The number of rotatable bonds is 10. The lowest BCUT2D eigenvalue weighted by Crippen LogP contribution is -2.27. The van der Waals surface area contributed by atoms with Gasteiger partial charge in [-0.3, -0.25) is 0 Å². The summed E-state index contributed by atoms with van der Waals surface area (Å²) in [5.41, 5.74) is 1.16. The normalized spacial score (nSPS) is 27.0. The van der Waals surface area contributed by atoms with Crippen LogP contribution >= 0.6 is 0 Å². The van der Waals surface area contributed by atoms with Crippen molar-refractivity contribution in [2.24, 2.45) is 5.92 Å². The Morgan fingerprint density at radius 1 is 0.933 bits per heavy atom. The number of unbranched alkanes of at least 4 members (excludes halogenated alkanes) is 3. The van der Waals surface area contributed by atoms with E-state index in [9.17, 15) is 4.39 Å². The van der Waals surface area contributed by atoms with Crippen molar-refractivity contribution in [3.05, 3.63) is 35.1 Å². The van der Waals surface area contributed by atoms with Gasteiger partial charge in [0.25, 0.3) is 0 Å². The Bertz CT molecular complexity index is 670. The number of hydrogen-bond acceptors (Lipinski definition) is 3. The van der Waals surface area contributed by atoms with E-state index in [1.165, 1.54) is 51.4 Å². The highest BCUT2D eigenvalue weighted by atomic mass is 19.1. The molecule has 0 heterocycles. The van der Waals surface area contributed by atoms with Gasteiger partial charge in [0.1, 0.15) is 11.9 Å². The second kappa shape index (κ2) is 12.4. The molecular weight excluding hydrogens is 377 g/mol. The molecule has 2 saturated carbocycles. The van der Waals surface area contributed by atoms with Crippen LogP contribution < -0.4 is 0 Å². The first kappa shape index (κ1) is 23.2. The number of nitriles is 1. The van der Waals surface area contributed by atoms with Crippen LogP contribution in [0.3, 0.4) is 0 Å². The summed E-state index contributed by atoms with van der Waals surface area (Å²) in [6, 6.07) is 6.97. The molecule has 0 amide bonds. The Kier molecular flexibility index (Phi) is 9.62. The van der Waals surface area contributed by atoms with Crippen molar-refractivity contribution in [1.82, 2.24) is 0 Å². The van der Waals surface area contributed by atoms with Gasteiger partial charge in [-0.1, -0.05) is 32.3 Å². The van der Waals surface area contributed by atoms with Gasteiger partial charge in [-0.25, -0.2) is 4.39 Å². The van der Waals surface area contributed by atoms with Crippen molar-refractivity contribution in [3.8, 4) is 6.07 Å². The summed E-state index contributed by atoms with van der Waals surface area (Å²) in [6.07, 6.45) is 14.9. The summed E-state index contributed by atoms with van der Waals surface area (Å²) < 4.78 is 26.2.